The summed E-state index contributed by atoms with van der Waals surface area (Å²) in [6, 6.07) is 3.13. The van der Waals surface area contributed by atoms with Gasteiger partial charge in [0.15, 0.2) is 4.90 Å². The zero-order chi connectivity index (χ0) is 12.6. The predicted octanol–water partition coefficient (Wildman–Crippen LogP) is 0.189. The van der Waals surface area contributed by atoms with Crippen molar-refractivity contribution in [2.45, 2.75) is 9.79 Å². The van der Waals surface area contributed by atoms with E-state index < -0.39 is 30.0 Å². The van der Waals surface area contributed by atoms with E-state index in [0.29, 0.717) is 0 Å². The molecule has 1 aromatic carbocycles. The molecule has 0 aliphatic heterocycles. The van der Waals surface area contributed by atoms with Gasteiger partial charge in [0.25, 0.3) is 20.2 Å². The van der Waals surface area contributed by atoms with Crippen molar-refractivity contribution in [3.63, 3.8) is 0 Å². The predicted molar refractivity (Wildman–Crippen MR) is 52.6 cm³/mol. The average Bonchev–Trinajstić information content (AvgIpc) is 2.13. The average molecular weight is 268 g/mol. The third kappa shape index (κ3) is 2.50. The first kappa shape index (κ1) is 12.9. The van der Waals surface area contributed by atoms with Crippen molar-refractivity contribution in [1.82, 2.24) is 0 Å². The monoisotopic (exact) mass is 268 g/mol. The zero-order valence-corrected chi connectivity index (χ0v) is 9.62. The first-order valence-corrected chi connectivity index (χ1v) is 6.68. The quantitative estimate of drug-likeness (QED) is 0.751. The van der Waals surface area contributed by atoms with Gasteiger partial charge in [0.05, 0.1) is 7.11 Å². The summed E-state index contributed by atoms with van der Waals surface area (Å²) in [5.41, 5.74) is 0. The Morgan fingerprint density at radius 1 is 1.06 bits per heavy atom. The minimum Gasteiger partial charge on any atom is -0.495 e. The van der Waals surface area contributed by atoms with Crippen LogP contribution in [0.1, 0.15) is 0 Å². The zero-order valence-electron chi connectivity index (χ0n) is 7.98. The lowest BCUT2D eigenvalue weighted by Crippen LogP contribution is -2.10. The van der Waals surface area contributed by atoms with Gasteiger partial charge in [0, 0.05) is 0 Å². The van der Waals surface area contributed by atoms with Crippen LogP contribution in [0.3, 0.4) is 0 Å². The van der Waals surface area contributed by atoms with Crippen LogP contribution in [0.25, 0.3) is 0 Å². The van der Waals surface area contributed by atoms with Gasteiger partial charge in [-0.05, 0) is 12.1 Å². The van der Waals surface area contributed by atoms with E-state index in [4.69, 9.17) is 9.11 Å². The Morgan fingerprint density at radius 2 is 1.62 bits per heavy atom. The van der Waals surface area contributed by atoms with Crippen LogP contribution in [-0.2, 0) is 20.2 Å². The molecule has 7 nitrogen and oxygen atoms in total. The second kappa shape index (κ2) is 4.01. The van der Waals surface area contributed by atoms with Crippen molar-refractivity contribution in [1.29, 1.82) is 0 Å². The fraction of sp³-hybridized carbons (Fsp3) is 0.143. The summed E-state index contributed by atoms with van der Waals surface area (Å²) >= 11 is 0. The molecule has 0 spiro atoms. The Balaban J connectivity index is 3.79. The van der Waals surface area contributed by atoms with Gasteiger partial charge in [-0.15, -0.1) is 0 Å². The summed E-state index contributed by atoms with van der Waals surface area (Å²) in [6.45, 7) is 0. The molecule has 9 heteroatoms. The topological polar surface area (TPSA) is 118 Å². The van der Waals surface area contributed by atoms with Gasteiger partial charge in [0.1, 0.15) is 10.6 Å². The molecule has 0 aliphatic rings. The van der Waals surface area contributed by atoms with Crippen LogP contribution in [-0.4, -0.2) is 33.1 Å². The van der Waals surface area contributed by atoms with Gasteiger partial charge >= 0.3 is 0 Å². The van der Waals surface area contributed by atoms with Crippen LogP contribution in [0.4, 0.5) is 0 Å². The number of rotatable bonds is 3. The maximum Gasteiger partial charge on any atom is 0.299 e. The molecule has 0 radical (unpaired) electrons. The molecule has 0 atom stereocenters. The summed E-state index contributed by atoms with van der Waals surface area (Å²) in [5, 5.41) is 0. The number of methoxy groups -OCH3 is 1. The van der Waals surface area contributed by atoms with Crippen LogP contribution in [0.5, 0.6) is 5.75 Å². The Hall–Kier alpha value is -1.16. The Kier molecular flexibility index (Phi) is 3.24. The normalized spacial score (nSPS) is 12.4. The van der Waals surface area contributed by atoms with Crippen LogP contribution in [0.15, 0.2) is 28.0 Å². The van der Waals surface area contributed by atoms with E-state index in [-0.39, 0.29) is 5.75 Å². The van der Waals surface area contributed by atoms with Crippen molar-refractivity contribution in [3.8, 4) is 5.75 Å². The standard InChI is InChI=1S/C7H8O7S2/c1-14-5-3-2-4-6(15(8,9)10)7(5)16(11,12)13/h2-4H,1H3,(H,8,9,10)(H,11,12,13). The molecule has 0 bridgehead atoms. The molecule has 0 amide bonds. The van der Waals surface area contributed by atoms with Crippen molar-refractivity contribution in [2.24, 2.45) is 0 Å². The van der Waals surface area contributed by atoms with E-state index in [1.807, 2.05) is 0 Å². The highest BCUT2D eigenvalue weighted by molar-refractivity contribution is 7.89. The summed E-state index contributed by atoms with van der Waals surface area (Å²) in [7, 11) is -8.50. The second-order valence-electron chi connectivity index (χ2n) is 2.74. The highest BCUT2D eigenvalue weighted by atomic mass is 32.2. The Morgan fingerprint density at radius 3 is 2.00 bits per heavy atom. The van der Waals surface area contributed by atoms with E-state index in [2.05, 4.69) is 4.74 Å². The highest BCUT2D eigenvalue weighted by Gasteiger charge is 2.27. The molecule has 0 saturated carbocycles. The lowest BCUT2D eigenvalue weighted by molar-refractivity contribution is 0.391. The van der Waals surface area contributed by atoms with E-state index in [1.165, 1.54) is 0 Å². The first-order chi connectivity index (χ1) is 7.18. The molecule has 0 heterocycles. The summed E-state index contributed by atoms with van der Waals surface area (Å²) in [4.78, 5) is -1.92. The molecular weight excluding hydrogens is 260 g/mol. The molecular formula is C7H8O7S2. The van der Waals surface area contributed by atoms with Crippen LogP contribution < -0.4 is 4.74 Å². The first-order valence-electron chi connectivity index (χ1n) is 3.80. The summed E-state index contributed by atoms with van der Waals surface area (Å²) in [6.07, 6.45) is 0. The molecule has 1 rings (SSSR count). The van der Waals surface area contributed by atoms with E-state index >= 15 is 0 Å². The fourth-order valence-corrected chi connectivity index (χ4v) is 3.06. The molecule has 0 aliphatic carbocycles. The molecule has 0 aromatic heterocycles. The van der Waals surface area contributed by atoms with Crippen molar-refractivity contribution < 1.29 is 30.7 Å². The van der Waals surface area contributed by atoms with Gasteiger partial charge in [-0.2, -0.15) is 16.8 Å². The Labute approximate surface area is 92.2 Å². The maximum absolute atomic E-state index is 11.0. The number of ether oxygens (including phenoxy) is 1. The minimum atomic E-state index is -4.82. The maximum atomic E-state index is 11.0. The van der Waals surface area contributed by atoms with Gasteiger partial charge in [-0.1, -0.05) is 6.07 Å². The number of hydrogen-bond donors (Lipinski definition) is 2. The van der Waals surface area contributed by atoms with E-state index in [9.17, 15) is 16.8 Å². The SMILES string of the molecule is COc1cccc(S(=O)(=O)O)c1S(=O)(=O)O. The molecule has 16 heavy (non-hydrogen) atoms. The molecule has 90 valence electrons. The van der Waals surface area contributed by atoms with E-state index in [0.717, 1.165) is 25.3 Å². The van der Waals surface area contributed by atoms with Gasteiger partial charge in [-0.3, -0.25) is 9.11 Å². The lowest BCUT2D eigenvalue weighted by atomic mass is 10.3. The summed E-state index contributed by atoms with van der Waals surface area (Å²) < 4.78 is 66.0. The third-order valence-corrected chi connectivity index (χ3v) is 3.66. The van der Waals surface area contributed by atoms with E-state index in [1.54, 1.807) is 0 Å². The second-order valence-corrected chi connectivity index (χ2v) is 5.49. The van der Waals surface area contributed by atoms with Gasteiger partial charge < -0.3 is 4.74 Å². The molecule has 0 saturated heterocycles. The van der Waals surface area contributed by atoms with Crippen molar-refractivity contribution >= 4 is 20.2 Å². The van der Waals surface area contributed by atoms with Crippen LogP contribution in [0.2, 0.25) is 0 Å². The minimum absolute atomic E-state index is 0.377. The number of benzene rings is 1. The summed E-state index contributed by atoms with van der Waals surface area (Å²) in [5.74, 6) is -0.377. The number of hydrogen-bond acceptors (Lipinski definition) is 5. The van der Waals surface area contributed by atoms with Crippen molar-refractivity contribution in [3.05, 3.63) is 18.2 Å². The smallest absolute Gasteiger partial charge is 0.299 e. The van der Waals surface area contributed by atoms with Crippen molar-refractivity contribution in [2.75, 3.05) is 7.11 Å². The van der Waals surface area contributed by atoms with Crippen LogP contribution in [0, 0.1) is 0 Å². The molecule has 2 N–H and O–H groups in total. The molecule has 0 unspecified atom stereocenters. The third-order valence-electron chi connectivity index (χ3n) is 1.70. The lowest BCUT2D eigenvalue weighted by Gasteiger charge is -2.08. The van der Waals surface area contributed by atoms with Gasteiger partial charge in [0.2, 0.25) is 0 Å². The Bertz CT molecular complexity index is 600. The molecule has 1 aromatic rings. The largest absolute Gasteiger partial charge is 0.495 e. The van der Waals surface area contributed by atoms with Gasteiger partial charge in [-0.25, -0.2) is 0 Å². The fourth-order valence-electron chi connectivity index (χ4n) is 1.11. The van der Waals surface area contributed by atoms with Crippen LogP contribution >= 0.6 is 0 Å². The highest BCUT2D eigenvalue weighted by Crippen LogP contribution is 2.29. The molecule has 0 fully saturated rings.